The van der Waals surface area contributed by atoms with E-state index < -0.39 is 0 Å². The number of para-hydroxylation sites is 2. The summed E-state index contributed by atoms with van der Waals surface area (Å²) in [5.74, 6) is 2.23. The molecule has 2 aromatic carbocycles. The van der Waals surface area contributed by atoms with Crippen LogP contribution < -0.4 is 24.8 Å². The van der Waals surface area contributed by atoms with Crippen LogP contribution in [0.5, 0.6) is 17.2 Å². The molecule has 0 aliphatic rings. The smallest absolute Gasteiger partial charge is 0.171 e. The first-order chi connectivity index (χ1) is 12.5. The van der Waals surface area contributed by atoms with E-state index in [-0.39, 0.29) is 12.1 Å². The van der Waals surface area contributed by atoms with E-state index in [1.165, 1.54) is 0 Å². The summed E-state index contributed by atoms with van der Waals surface area (Å²) in [5, 5.41) is 6.91. The summed E-state index contributed by atoms with van der Waals surface area (Å²) in [6.45, 7) is 6.45. The van der Waals surface area contributed by atoms with Crippen LogP contribution in [0.4, 0.5) is 5.69 Å². The molecule has 0 heterocycles. The standard InChI is InChI=1S/C20H26N2O3S/c1-14(2)25-17-9-7-8-16(12-17)22-20(26)21-15(3)13-24-19-11-6-5-10-18(19)23-4/h5-12,14-15H,13H2,1-4H3,(H2,21,22,26)/t15-/m1/s1. The van der Waals surface area contributed by atoms with Crippen LogP contribution >= 0.6 is 12.2 Å². The van der Waals surface area contributed by atoms with Crippen LogP contribution in [0.15, 0.2) is 48.5 Å². The average molecular weight is 375 g/mol. The van der Waals surface area contributed by atoms with Gasteiger partial charge in [0.15, 0.2) is 16.6 Å². The van der Waals surface area contributed by atoms with E-state index in [2.05, 4.69) is 10.6 Å². The molecule has 6 heteroatoms. The number of ether oxygens (including phenoxy) is 3. The van der Waals surface area contributed by atoms with E-state index in [9.17, 15) is 0 Å². The molecule has 0 aliphatic heterocycles. The maximum atomic E-state index is 5.81. The Morgan fingerprint density at radius 2 is 1.77 bits per heavy atom. The van der Waals surface area contributed by atoms with Crippen molar-refractivity contribution in [3.8, 4) is 17.2 Å². The average Bonchev–Trinajstić information content (AvgIpc) is 2.59. The molecule has 0 amide bonds. The highest BCUT2D eigenvalue weighted by molar-refractivity contribution is 7.80. The maximum absolute atomic E-state index is 5.81. The van der Waals surface area contributed by atoms with E-state index in [0.29, 0.717) is 23.2 Å². The van der Waals surface area contributed by atoms with Crippen LogP contribution in [-0.4, -0.2) is 31.0 Å². The minimum Gasteiger partial charge on any atom is -0.493 e. The molecule has 0 bridgehead atoms. The third kappa shape index (κ3) is 6.44. The fourth-order valence-corrected chi connectivity index (χ4v) is 2.62. The van der Waals surface area contributed by atoms with Crippen LogP contribution in [-0.2, 0) is 0 Å². The number of anilines is 1. The topological polar surface area (TPSA) is 51.8 Å². The summed E-state index contributed by atoms with van der Waals surface area (Å²) >= 11 is 5.38. The predicted molar refractivity (Wildman–Crippen MR) is 110 cm³/mol. The van der Waals surface area contributed by atoms with Gasteiger partial charge in [0, 0.05) is 11.8 Å². The largest absolute Gasteiger partial charge is 0.493 e. The van der Waals surface area contributed by atoms with E-state index in [0.717, 1.165) is 11.4 Å². The van der Waals surface area contributed by atoms with Crippen molar-refractivity contribution in [2.24, 2.45) is 0 Å². The molecule has 2 N–H and O–H groups in total. The number of rotatable bonds is 8. The van der Waals surface area contributed by atoms with Crippen LogP contribution in [0.1, 0.15) is 20.8 Å². The molecule has 2 aromatic rings. The van der Waals surface area contributed by atoms with Gasteiger partial charge in [-0.2, -0.15) is 0 Å². The number of benzene rings is 2. The highest BCUT2D eigenvalue weighted by Gasteiger charge is 2.09. The lowest BCUT2D eigenvalue weighted by atomic mass is 10.3. The Morgan fingerprint density at radius 3 is 2.46 bits per heavy atom. The Labute approximate surface area is 160 Å². The number of hydrogen-bond acceptors (Lipinski definition) is 4. The van der Waals surface area contributed by atoms with Gasteiger partial charge < -0.3 is 24.8 Å². The lowest BCUT2D eigenvalue weighted by Gasteiger charge is -2.19. The highest BCUT2D eigenvalue weighted by Crippen LogP contribution is 2.25. The van der Waals surface area contributed by atoms with Crippen molar-refractivity contribution in [3.63, 3.8) is 0 Å². The summed E-state index contributed by atoms with van der Waals surface area (Å²) in [5.41, 5.74) is 0.874. The molecule has 5 nitrogen and oxygen atoms in total. The molecule has 0 unspecified atom stereocenters. The summed E-state index contributed by atoms with van der Waals surface area (Å²) in [6.07, 6.45) is 0.127. The second-order valence-corrected chi connectivity index (χ2v) is 6.56. The second kappa shape index (κ2) is 9.87. The highest BCUT2D eigenvalue weighted by atomic mass is 32.1. The second-order valence-electron chi connectivity index (χ2n) is 6.16. The zero-order valence-electron chi connectivity index (χ0n) is 15.6. The third-order valence-corrected chi connectivity index (χ3v) is 3.62. The van der Waals surface area contributed by atoms with Crippen LogP contribution in [0.2, 0.25) is 0 Å². The maximum Gasteiger partial charge on any atom is 0.171 e. The molecule has 0 saturated carbocycles. The molecule has 1 atom stereocenters. The molecule has 2 rings (SSSR count). The van der Waals surface area contributed by atoms with Crippen molar-refractivity contribution < 1.29 is 14.2 Å². The summed E-state index contributed by atoms with van der Waals surface area (Å²) < 4.78 is 16.8. The van der Waals surface area contributed by atoms with Crippen molar-refractivity contribution in [2.45, 2.75) is 32.9 Å². The molecule has 0 saturated heterocycles. The van der Waals surface area contributed by atoms with Crippen LogP contribution in [0.25, 0.3) is 0 Å². The Kier molecular flexibility index (Phi) is 7.53. The molecule has 0 radical (unpaired) electrons. The van der Waals surface area contributed by atoms with E-state index in [1.54, 1.807) is 7.11 Å². The zero-order chi connectivity index (χ0) is 18.9. The number of methoxy groups -OCH3 is 1. The molecule has 0 spiro atoms. The van der Waals surface area contributed by atoms with Crippen molar-refractivity contribution in [1.29, 1.82) is 0 Å². The quantitative estimate of drug-likeness (QED) is 0.674. The molecular formula is C20H26N2O3S. The van der Waals surface area contributed by atoms with Gasteiger partial charge in [-0.05, 0) is 57.3 Å². The van der Waals surface area contributed by atoms with Gasteiger partial charge in [-0.25, -0.2) is 0 Å². The van der Waals surface area contributed by atoms with Crippen molar-refractivity contribution in [2.75, 3.05) is 19.0 Å². The first kappa shape index (κ1) is 19.8. The fraction of sp³-hybridized carbons (Fsp3) is 0.350. The minimum absolute atomic E-state index is 0.0232. The third-order valence-electron chi connectivity index (χ3n) is 3.40. The van der Waals surface area contributed by atoms with Crippen LogP contribution in [0.3, 0.4) is 0 Å². The van der Waals surface area contributed by atoms with Gasteiger partial charge in [-0.3, -0.25) is 0 Å². The number of hydrogen-bond donors (Lipinski definition) is 2. The summed E-state index contributed by atoms with van der Waals surface area (Å²) in [4.78, 5) is 0. The van der Waals surface area contributed by atoms with Crippen molar-refractivity contribution in [1.82, 2.24) is 5.32 Å². The molecule has 0 aliphatic carbocycles. The molecule has 140 valence electrons. The lowest BCUT2D eigenvalue weighted by Crippen LogP contribution is -2.39. The normalized spacial score (nSPS) is 11.6. The van der Waals surface area contributed by atoms with E-state index >= 15 is 0 Å². The van der Waals surface area contributed by atoms with Crippen LogP contribution in [0, 0.1) is 0 Å². The SMILES string of the molecule is COc1ccccc1OC[C@@H](C)NC(=S)Nc1cccc(OC(C)C)c1. The summed E-state index contributed by atoms with van der Waals surface area (Å²) in [6, 6.07) is 15.3. The number of thiocarbonyl (C=S) groups is 1. The fourth-order valence-electron chi connectivity index (χ4n) is 2.30. The Balaban J connectivity index is 1.83. The zero-order valence-corrected chi connectivity index (χ0v) is 16.4. The molecule has 0 aromatic heterocycles. The van der Waals surface area contributed by atoms with Crippen molar-refractivity contribution >= 4 is 23.0 Å². The van der Waals surface area contributed by atoms with Gasteiger partial charge in [-0.15, -0.1) is 0 Å². The van der Waals surface area contributed by atoms with Gasteiger partial charge in [0.2, 0.25) is 0 Å². The number of nitrogens with one attached hydrogen (secondary N) is 2. The van der Waals surface area contributed by atoms with E-state index in [1.807, 2.05) is 69.3 Å². The summed E-state index contributed by atoms with van der Waals surface area (Å²) in [7, 11) is 1.63. The van der Waals surface area contributed by atoms with Crippen molar-refractivity contribution in [3.05, 3.63) is 48.5 Å². The molecular weight excluding hydrogens is 348 g/mol. The first-order valence-electron chi connectivity index (χ1n) is 8.58. The van der Waals surface area contributed by atoms with Gasteiger partial charge >= 0.3 is 0 Å². The van der Waals surface area contributed by atoms with Gasteiger partial charge in [-0.1, -0.05) is 18.2 Å². The van der Waals surface area contributed by atoms with Gasteiger partial charge in [0.1, 0.15) is 12.4 Å². The molecule has 0 fully saturated rings. The molecule has 26 heavy (non-hydrogen) atoms. The van der Waals surface area contributed by atoms with Gasteiger partial charge in [0.05, 0.1) is 19.3 Å². The monoisotopic (exact) mass is 374 g/mol. The lowest BCUT2D eigenvalue weighted by molar-refractivity contribution is 0.242. The van der Waals surface area contributed by atoms with E-state index in [4.69, 9.17) is 26.4 Å². The Morgan fingerprint density at radius 1 is 1.04 bits per heavy atom. The van der Waals surface area contributed by atoms with Gasteiger partial charge in [0.25, 0.3) is 0 Å². The minimum atomic E-state index is 0.0232. The Bertz CT molecular complexity index is 722. The Hall–Kier alpha value is -2.47. The predicted octanol–water partition coefficient (Wildman–Crippen LogP) is 4.24. The first-order valence-corrected chi connectivity index (χ1v) is 8.99.